The molecule has 1 aliphatic rings. The number of nitrogens with two attached hydrogens (primary N) is 1. The summed E-state index contributed by atoms with van der Waals surface area (Å²) >= 11 is 0. The smallest absolute Gasteiger partial charge is 0.169 e. The summed E-state index contributed by atoms with van der Waals surface area (Å²) < 4.78 is 7.82. The van der Waals surface area contributed by atoms with Crippen molar-refractivity contribution in [2.75, 3.05) is 32.0 Å². The molecule has 1 fully saturated rings. The lowest BCUT2D eigenvalue weighted by Crippen LogP contribution is -2.45. The number of aromatic nitrogens is 3. The Kier molecular flexibility index (Phi) is 4.88. The van der Waals surface area contributed by atoms with Gasteiger partial charge in [0.05, 0.1) is 24.9 Å². The highest BCUT2D eigenvalue weighted by Crippen LogP contribution is 2.26. The normalized spacial score (nSPS) is 21.1. The van der Waals surface area contributed by atoms with Crippen LogP contribution < -0.4 is 5.73 Å². The van der Waals surface area contributed by atoms with Crippen molar-refractivity contribution < 1.29 is 4.74 Å². The van der Waals surface area contributed by atoms with E-state index in [1.54, 1.807) is 0 Å². The van der Waals surface area contributed by atoms with Crippen molar-refractivity contribution in [1.82, 2.24) is 19.9 Å². The lowest BCUT2D eigenvalue weighted by molar-refractivity contribution is -0.0411. The first kappa shape index (κ1) is 16.2. The van der Waals surface area contributed by atoms with Crippen molar-refractivity contribution in [3.63, 3.8) is 0 Å². The SMILES string of the molecule is CC(C)CN1CCOC(Cn2nnc(N)c2C(C)(C)C)C1. The predicted octanol–water partition coefficient (Wildman–Crippen LogP) is 1.51. The van der Waals surface area contributed by atoms with Crippen LogP contribution in [-0.4, -0.2) is 52.2 Å². The van der Waals surface area contributed by atoms with E-state index in [0.717, 1.165) is 31.9 Å². The number of nitrogens with zero attached hydrogens (tertiary/aromatic N) is 4. The molecule has 6 nitrogen and oxygen atoms in total. The Hall–Kier alpha value is -1.14. The third-order valence-corrected chi connectivity index (χ3v) is 3.69. The third kappa shape index (κ3) is 4.17. The Labute approximate surface area is 127 Å². The standard InChI is InChI=1S/C15H29N5O/c1-11(2)8-19-6-7-21-12(9-19)10-20-13(15(3,4)5)14(16)17-18-20/h11-12H,6-10,16H2,1-5H3. The van der Waals surface area contributed by atoms with Gasteiger partial charge in [0, 0.05) is 25.0 Å². The van der Waals surface area contributed by atoms with E-state index >= 15 is 0 Å². The first-order chi connectivity index (χ1) is 9.77. The molecule has 2 heterocycles. The fraction of sp³-hybridized carbons (Fsp3) is 0.867. The van der Waals surface area contributed by atoms with Crippen LogP contribution in [0.1, 0.15) is 40.3 Å². The zero-order valence-corrected chi connectivity index (χ0v) is 14.0. The lowest BCUT2D eigenvalue weighted by Gasteiger charge is -2.34. The van der Waals surface area contributed by atoms with Gasteiger partial charge in [-0.15, -0.1) is 5.10 Å². The number of hydrogen-bond donors (Lipinski definition) is 1. The Balaban J connectivity index is 2.05. The van der Waals surface area contributed by atoms with Crippen LogP contribution in [0.25, 0.3) is 0 Å². The zero-order chi connectivity index (χ0) is 15.6. The number of hydrogen-bond acceptors (Lipinski definition) is 5. The number of morpholine rings is 1. The van der Waals surface area contributed by atoms with E-state index in [1.165, 1.54) is 0 Å². The summed E-state index contributed by atoms with van der Waals surface area (Å²) in [5.74, 6) is 1.20. The Morgan fingerprint density at radius 1 is 1.38 bits per heavy atom. The average Bonchev–Trinajstić information content (AvgIpc) is 2.69. The highest BCUT2D eigenvalue weighted by Gasteiger charge is 2.27. The van der Waals surface area contributed by atoms with E-state index in [0.29, 0.717) is 18.3 Å². The summed E-state index contributed by atoms with van der Waals surface area (Å²) in [6.07, 6.45) is 0.152. The van der Waals surface area contributed by atoms with Gasteiger partial charge in [0.25, 0.3) is 0 Å². The summed E-state index contributed by atoms with van der Waals surface area (Å²) in [5.41, 5.74) is 6.90. The van der Waals surface area contributed by atoms with Gasteiger partial charge in [-0.1, -0.05) is 39.8 Å². The molecule has 0 amide bonds. The van der Waals surface area contributed by atoms with E-state index in [-0.39, 0.29) is 11.5 Å². The molecule has 0 aliphatic carbocycles. The Morgan fingerprint density at radius 3 is 2.71 bits per heavy atom. The van der Waals surface area contributed by atoms with E-state index in [4.69, 9.17) is 10.5 Å². The molecule has 1 aromatic rings. The van der Waals surface area contributed by atoms with E-state index in [9.17, 15) is 0 Å². The van der Waals surface area contributed by atoms with Crippen LogP contribution >= 0.6 is 0 Å². The minimum atomic E-state index is -0.0696. The van der Waals surface area contributed by atoms with Crippen molar-refractivity contribution in [2.45, 2.75) is 52.7 Å². The van der Waals surface area contributed by atoms with Crippen molar-refractivity contribution in [3.8, 4) is 0 Å². The van der Waals surface area contributed by atoms with Crippen molar-refractivity contribution >= 4 is 5.82 Å². The minimum Gasteiger partial charge on any atom is -0.381 e. The molecule has 2 rings (SSSR count). The molecule has 0 spiro atoms. The Bertz CT molecular complexity index is 463. The van der Waals surface area contributed by atoms with Gasteiger partial charge < -0.3 is 10.5 Å². The molecule has 0 aromatic carbocycles. The summed E-state index contributed by atoms with van der Waals surface area (Å²) in [6, 6.07) is 0. The molecule has 0 bridgehead atoms. The van der Waals surface area contributed by atoms with Gasteiger partial charge >= 0.3 is 0 Å². The lowest BCUT2D eigenvalue weighted by atomic mass is 9.92. The van der Waals surface area contributed by atoms with Gasteiger partial charge in [-0.05, 0) is 5.92 Å². The molecule has 0 radical (unpaired) electrons. The van der Waals surface area contributed by atoms with Gasteiger partial charge in [-0.2, -0.15) is 0 Å². The first-order valence-electron chi connectivity index (χ1n) is 7.80. The van der Waals surface area contributed by atoms with Crippen LogP contribution in [0.3, 0.4) is 0 Å². The molecular weight excluding hydrogens is 266 g/mol. The van der Waals surface area contributed by atoms with Gasteiger partial charge in [-0.25, -0.2) is 4.68 Å². The summed E-state index contributed by atoms with van der Waals surface area (Å²) in [7, 11) is 0. The molecule has 1 atom stereocenters. The molecule has 0 saturated carbocycles. The molecule has 120 valence electrons. The van der Waals surface area contributed by atoms with Crippen LogP contribution in [0.15, 0.2) is 0 Å². The highest BCUT2D eigenvalue weighted by atomic mass is 16.5. The number of nitrogen functional groups attached to an aromatic ring is 1. The van der Waals surface area contributed by atoms with Crippen LogP contribution in [-0.2, 0) is 16.7 Å². The second kappa shape index (κ2) is 6.32. The van der Waals surface area contributed by atoms with Gasteiger partial charge in [0.15, 0.2) is 5.82 Å². The van der Waals surface area contributed by atoms with E-state index in [2.05, 4.69) is 49.8 Å². The van der Waals surface area contributed by atoms with Crippen LogP contribution in [0, 0.1) is 5.92 Å². The first-order valence-corrected chi connectivity index (χ1v) is 7.80. The highest BCUT2D eigenvalue weighted by molar-refractivity contribution is 5.37. The van der Waals surface area contributed by atoms with Crippen molar-refractivity contribution in [1.29, 1.82) is 0 Å². The summed E-state index contributed by atoms with van der Waals surface area (Å²) in [5, 5.41) is 8.24. The van der Waals surface area contributed by atoms with Gasteiger partial charge in [0.2, 0.25) is 0 Å². The second-order valence-electron chi connectivity index (χ2n) is 7.40. The van der Waals surface area contributed by atoms with Crippen LogP contribution in [0.4, 0.5) is 5.82 Å². The molecule has 21 heavy (non-hydrogen) atoms. The number of anilines is 1. The quantitative estimate of drug-likeness (QED) is 0.912. The maximum Gasteiger partial charge on any atom is 0.169 e. The van der Waals surface area contributed by atoms with Crippen LogP contribution in [0.2, 0.25) is 0 Å². The fourth-order valence-corrected chi connectivity index (χ4v) is 2.99. The molecule has 6 heteroatoms. The monoisotopic (exact) mass is 295 g/mol. The van der Waals surface area contributed by atoms with Crippen molar-refractivity contribution in [3.05, 3.63) is 5.69 Å². The largest absolute Gasteiger partial charge is 0.381 e. The maximum absolute atomic E-state index is 5.98. The van der Waals surface area contributed by atoms with E-state index in [1.807, 2.05) is 4.68 Å². The fourth-order valence-electron chi connectivity index (χ4n) is 2.99. The molecule has 2 N–H and O–H groups in total. The third-order valence-electron chi connectivity index (χ3n) is 3.69. The van der Waals surface area contributed by atoms with Gasteiger partial charge in [0.1, 0.15) is 0 Å². The predicted molar refractivity (Wildman–Crippen MR) is 84.2 cm³/mol. The average molecular weight is 295 g/mol. The number of ether oxygens (including phenoxy) is 1. The van der Waals surface area contributed by atoms with Gasteiger partial charge in [-0.3, -0.25) is 4.90 Å². The summed E-state index contributed by atoms with van der Waals surface area (Å²) in [6.45, 7) is 15.5. The number of rotatable bonds is 4. The molecule has 1 aromatic heterocycles. The topological polar surface area (TPSA) is 69.2 Å². The zero-order valence-electron chi connectivity index (χ0n) is 14.0. The Morgan fingerprint density at radius 2 is 2.10 bits per heavy atom. The second-order valence-corrected chi connectivity index (χ2v) is 7.40. The summed E-state index contributed by atoms with van der Waals surface area (Å²) in [4.78, 5) is 2.47. The minimum absolute atomic E-state index is 0.0696. The molecule has 1 aliphatic heterocycles. The molecule has 1 saturated heterocycles. The van der Waals surface area contributed by atoms with Crippen LogP contribution in [0.5, 0.6) is 0 Å². The molecule has 1 unspecified atom stereocenters. The van der Waals surface area contributed by atoms with E-state index < -0.39 is 0 Å². The van der Waals surface area contributed by atoms with Crippen molar-refractivity contribution in [2.24, 2.45) is 5.92 Å². The molecular formula is C15H29N5O. The maximum atomic E-state index is 5.98.